The number of hydrogen-bond acceptors (Lipinski definition) is 7. The Morgan fingerprint density at radius 2 is 1.89 bits per heavy atom. The third-order valence-corrected chi connectivity index (χ3v) is 8.31. The maximum absolute atomic E-state index is 15.1. The molecule has 1 aromatic heterocycles. The average molecular weight is 642 g/mol. The summed E-state index contributed by atoms with van der Waals surface area (Å²) in [6.07, 6.45) is -4.58. The summed E-state index contributed by atoms with van der Waals surface area (Å²) in [6.45, 7) is 8.45. The summed E-state index contributed by atoms with van der Waals surface area (Å²) in [5.41, 5.74) is -1.27. The second-order valence-electron chi connectivity index (χ2n) is 13.0. The van der Waals surface area contributed by atoms with Gasteiger partial charge in [-0.2, -0.15) is 13.2 Å². The Balaban J connectivity index is 1.56. The molecular weight excluding hydrogens is 606 g/mol. The lowest BCUT2D eigenvalue weighted by Gasteiger charge is -2.40. The molecule has 2 fully saturated rings. The Morgan fingerprint density at radius 3 is 2.55 bits per heavy atom. The first-order valence-electron chi connectivity index (χ1n) is 14.4. The van der Waals surface area contributed by atoms with Crippen molar-refractivity contribution < 1.29 is 36.6 Å². The number of benzene rings is 1. The van der Waals surface area contributed by atoms with E-state index in [4.69, 9.17) is 26.1 Å². The maximum Gasteiger partial charge on any atom is 0.410 e. The standard InChI is InChI=1S/C30H36ClF4N5O4/c1-28(2,3)44-27(42)38-10-11-39-18(14-38)15-43-24-21(26(39)41)25(37-23(22(24)31)19-8-6-7-9-20(19)32)40-13-17(12-29(40,4)5)36-16-30(33,34)35/h6-9,17-18,36H,10-16H2,1-5H3. The van der Waals surface area contributed by atoms with Crippen LogP contribution in [-0.4, -0.2) is 95.5 Å². The van der Waals surface area contributed by atoms with Crippen molar-refractivity contribution in [2.24, 2.45) is 0 Å². The molecule has 0 radical (unpaired) electrons. The van der Waals surface area contributed by atoms with Crippen LogP contribution in [-0.2, 0) is 4.74 Å². The monoisotopic (exact) mass is 641 g/mol. The van der Waals surface area contributed by atoms with Gasteiger partial charge in [-0.1, -0.05) is 23.7 Å². The third kappa shape index (κ3) is 6.53. The summed E-state index contributed by atoms with van der Waals surface area (Å²) >= 11 is 6.83. The number of carbonyl (C=O) groups is 2. The van der Waals surface area contributed by atoms with E-state index in [1.807, 2.05) is 13.8 Å². The van der Waals surface area contributed by atoms with Crippen molar-refractivity contribution in [1.29, 1.82) is 0 Å². The Hall–Kier alpha value is -3.32. The zero-order valence-corrected chi connectivity index (χ0v) is 26.0. The van der Waals surface area contributed by atoms with Crippen molar-refractivity contribution in [3.63, 3.8) is 0 Å². The smallest absolute Gasteiger partial charge is 0.410 e. The molecule has 9 nitrogen and oxygen atoms in total. The van der Waals surface area contributed by atoms with Gasteiger partial charge in [-0.25, -0.2) is 14.2 Å². The highest BCUT2D eigenvalue weighted by Crippen LogP contribution is 2.46. The molecule has 240 valence electrons. The van der Waals surface area contributed by atoms with Gasteiger partial charge in [0.25, 0.3) is 5.91 Å². The molecule has 2 saturated heterocycles. The Morgan fingerprint density at radius 1 is 1.18 bits per heavy atom. The molecule has 1 N–H and O–H groups in total. The van der Waals surface area contributed by atoms with Crippen molar-refractivity contribution >= 4 is 29.4 Å². The van der Waals surface area contributed by atoms with Gasteiger partial charge >= 0.3 is 12.3 Å². The molecule has 2 atom stereocenters. The number of nitrogens with zero attached hydrogens (tertiary/aromatic N) is 4. The average Bonchev–Trinajstić information content (AvgIpc) is 3.14. The number of rotatable bonds is 4. The van der Waals surface area contributed by atoms with Gasteiger partial charge in [0.2, 0.25) is 0 Å². The lowest BCUT2D eigenvalue weighted by Crippen LogP contribution is -2.58. The molecule has 3 aliphatic rings. The first-order valence-corrected chi connectivity index (χ1v) is 14.8. The summed E-state index contributed by atoms with van der Waals surface area (Å²) < 4.78 is 65.9. The molecule has 0 aliphatic carbocycles. The second-order valence-corrected chi connectivity index (χ2v) is 13.4. The van der Waals surface area contributed by atoms with Crippen LogP contribution in [0, 0.1) is 5.82 Å². The highest BCUT2D eigenvalue weighted by Gasteiger charge is 2.46. The van der Waals surface area contributed by atoms with Crippen LogP contribution in [0.5, 0.6) is 5.75 Å². The quantitative estimate of drug-likeness (QED) is 0.441. The molecule has 4 heterocycles. The van der Waals surface area contributed by atoms with Gasteiger partial charge < -0.3 is 29.5 Å². The molecule has 3 aliphatic heterocycles. The largest absolute Gasteiger partial charge is 0.489 e. The van der Waals surface area contributed by atoms with E-state index in [1.165, 1.54) is 23.1 Å². The lowest BCUT2D eigenvalue weighted by molar-refractivity contribution is -0.126. The number of hydrogen-bond donors (Lipinski definition) is 1. The van der Waals surface area contributed by atoms with Crippen molar-refractivity contribution in [1.82, 2.24) is 20.1 Å². The van der Waals surface area contributed by atoms with Crippen molar-refractivity contribution in [3.8, 4) is 17.0 Å². The topological polar surface area (TPSA) is 87.2 Å². The van der Waals surface area contributed by atoms with Crippen LogP contribution in [0.1, 0.15) is 51.4 Å². The van der Waals surface area contributed by atoms with E-state index in [-0.39, 0.29) is 66.2 Å². The van der Waals surface area contributed by atoms with E-state index in [1.54, 1.807) is 36.6 Å². The molecule has 1 aromatic carbocycles. The summed E-state index contributed by atoms with van der Waals surface area (Å²) in [7, 11) is 0. The number of piperazine rings is 1. The van der Waals surface area contributed by atoms with Gasteiger partial charge in [0, 0.05) is 43.3 Å². The fourth-order valence-electron chi connectivity index (χ4n) is 5.98. The van der Waals surface area contributed by atoms with Gasteiger partial charge in [-0.15, -0.1) is 0 Å². The summed E-state index contributed by atoms with van der Waals surface area (Å²) in [4.78, 5) is 36.8. The predicted molar refractivity (Wildman–Crippen MR) is 157 cm³/mol. The fourth-order valence-corrected chi connectivity index (χ4v) is 6.27. The minimum Gasteiger partial charge on any atom is -0.489 e. The summed E-state index contributed by atoms with van der Waals surface area (Å²) in [6, 6.07) is 4.78. The second kappa shape index (κ2) is 11.6. The number of nitrogens with one attached hydrogen (secondary N) is 1. The van der Waals surface area contributed by atoms with Crippen LogP contribution in [0.4, 0.5) is 28.2 Å². The minimum absolute atomic E-state index is 0.0145. The van der Waals surface area contributed by atoms with Crippen molar-refractivity contribution in [3.05, 3.63) is 40.7 Å². The minimum atomic E-state index is -4.40. The number of amides is 2. The van der Waals surface area contributed by atoms with E-state index in [0.717, 1.165) is 0 Å². The SMILES string of the molecule is CC(C)(C)OC(=O)N1CCN2C(=O)c3c(N4CC(NCC(F)(F)F)CC4(C)C)nc(-c4ccccc4F)c(Cl)c3OCC2C1. The number of halogens is 5. The molecule has 5 rings (SSSR count). The van der Waals surface area contributed by atoms with Gasteiger partial charge in [-0.05, 0) is 53.2 Å². The van der Waals surface area contributed by atoms with Crippen LogP contribution in [0.25, 0.3) is 11.3 Å². The Bertz CT molecular complexity index is 1450. The van der Waals surface area contributed by atoms with Crippen molar-refractivity contribution in [2.75, 3.05) is 44.2 Å². The number of pyridine rings is 1. The Labute approximate surface area is 258 Å². The lowest BCUT2D eigenvalue weighted by atomic mass is 9.99. The first-order chi connectivity index (χ1) is 20.4. The van der Waals surface area contributed by atoms with Crippen LogP contribution in [0.2, 0.25) is 5.02 Å². The fraction of sp³-hybridized carbons (Fsp3) is 0.567. The van der Waals surface area contributed by atoms with Gasteiger partial charge in [0.15, 0.2) is 5.75 Å². The third-order valence-electron chi connectivity index (χ3n) is 7.96. The molecule has 0 saturated carbocycles. The van der Waals surface area contributed by atoms with E-state index < -0.39 is 53.8 Å². The summed E-state index contributed by atoms with van der Waals surface area (Å²) in [5.74, 6) is -0.883. The Kier molecular flexibility index (Phi) is 8.43. The number of alkyl halides is 3. The van der Waals surface area contributed by atoms with Crippen LogP contribution >= 0.6 is 11.6 Å². The zero-order valence-electron chi connectivity index (χ0n) is 25.2. The maximum atomic E-state index is 15.1. The molecular formula is C30H36ClF4N5O4. The molecule has 0 spiro atoms. The molecule has 14 heteroatoms. The number of anilines is 1. The number of carbonyl (C=O) groups excluding carboxylic acids is 2. The molecule has 2 unspecified atom stereocenters. The molecule has 2 amide bonds. The van der Waals surface area contributed by atoms with E-state index in [0.29, 0.717) is 6.42 Å². The number of aromatic nitrogens is 1. The molecule has 2 aromatic rings. The van der Waals surface area contributed by atoms with E-state index in [9.17, 15) is 22.8 Å². The highest BCUT2D eigenvalue weighted by atomic mass is 35.5. The molecule has 44 heavy (non-hydrogen) atoms. The normalized spacial score (nSPS) is 21.9. The van der Waals surface area contributed by atoms with Gasteiger partial charge in [-0.3, -0.25) is 4.79 Å². The van der Waals surface area contributed by atoms with Crippen LogP contribution in [0.15, 0.2) is 24.3 Å². The zero-order chi connectivity index (χ0) is 32.2. The number of ether oxygens (including phenoxy) is 2. The van der Waals surface area contributed by atoms with Crippen molar-refractivity contribution in [2.45, 2.75) is 70.4 Å². The summed E-state index contributed by atoms with van der Waals surface area (Å²) in [5, 5.41) is 2.51. The first kappa shape index (κ1) is 32.1. The molecule has 0 bridgehead atoms. The van der Waals surface area contributed by atoms with Crippen LogP contribution < -0.4 is 15.0 Å². The van der Waals surface area contributed by atoms with E-state index >= 15 is 4.39 Å². The predicted octanol–water partition coefficient (Wildman–Crippen LogP) is 5.50. The van der Waals surface area contributed by atoms with Crippen LogP contribution in [0.3, 0.4) is 0 Å². The van der Waals surface area contributed by atoms with E-state index in [2.05, 4.69) is 5.32 Å². The van der Waals surface area contributed by atoms with Gasteiger partial charge in [0.05, 0.1) is 18.3 Å². The number of fused-ring (bicyclic) bond motifs is 2. The highest BCUT2D eigenvalue weighted by molar-refractivity contribution is 6.35. The van der Waals surface area contributed by atoms with Gasteiger partial charge in [0.1, 0.15) is 34.4 Å².